The van der Waals surface area contributed by atoms with E-state index in [1.165, 1.54) is 5.56 Å². The molecule has 2 aromatic carbocycles. The zero-order valence-electron chi connectivity index (χ0n) is 14.6. The highest BCUT2D eigenvalue weighted by molar-refractivity contribution is 8.00. The minimum absolute atomic E-state index is 0.0489. The number of fused-ring (bicyclic) bond motifs is 1. The second-order valence-electron chi connectivity index (χ2n) is 6.43. The van der Waals surface area contributed by atoms with Crippen LogP contribution in [0, 0.1) is 13.8 Å². The van der Waals surface area contributed by atoms with Crippen molar-refractivity contribution in [3.05, 3.63) is 70.9 Å². The van der Waals surface area contributed by atoms with E-state index in [0.717, 1.165) is 22.5 Å². The smallest absolute Gasteiger partial charge is 0.235 e. The highest BCUT2D eigenvalue weighted by atomic mass is 32.2. The molecule has 0 unspecified atom stereocenters. The maximum Gasteiger partial charge on any atom is 0.235 e. The summed E-state index contributed by atoms with van der Waals surface area (Å²) < 4.78 is 1.80. The van der Waals surface area contributed by atoms with Gasteiger partial charge in [-0.15, -0.1) is 11.8 Å². The van der Waals surface area contributed by atoms with Crippen molar-refractivity contribution in [2.75, 3.05) is 11.1 Å². The van der Waals surface area contributed by atoms with Gasteiger partial charge in [0.2, 0.25) is 5.91 Å². The van der Waals surface area contributed by atoms with Crippen LogP contribution in [0.3, 0.4) is 0 Å². The zero-order valence-corrected chi connectivity index (χ0v) is 15.4. The first kappa shape index (κ1) is 16.7. The van der Waals surface area contributed by atoms with Gasteiger partial charge in [0.1, 0.15) is 11.6 Å². The highest BCUT2D eigenvalue weighted by Crippen LogP contribution is 2.44. The largest absolute Gasteiger partial charge is 0.508 e. The van der Waals surface area contributed by atoms with Gasteiger partial charge in [-0.2, -0.15) is 5.10 Å². The number of thioether (sulfide) groups is 1. The Labute approximate surface area is 156 Å². The second kappa shape index (κ2) is 6.53. The van der Waals surface area contributed by atoms with E-state index < -0.39 is 0 Å². The minimum Gasteiger partial charge on any atom is -0.508 e. The number of aromatic nitrogens is 2. The Kier molecular flexibility index (Phi) is 4.20. The Bertz CT molecular complexity index is 979. The summed E-state index contributed by atoms with van der Waals surface area (Å²) in [5.74, 6) is 1.22. The van der Waals surface area contributed by atoms with Crippen LogP contribution in [0.4, 0.5) is 5.82 Å². The Morgan fingerprint density at radius 1 is 1.19 bits per heavy atom. The fourth-order valence-corrected chi connectivity index (χ4v) is 4.39. The lowest BCUT2D eigenvalue weighted by Gasteiger charge is -2.15. The molecule has 0 saturated heterocycles. The fraction of sp³-hybridized carbons (Fsp3) is 0.200. The molecule has 2 N–H and O–H groups in total. The molecule has 1 amide bonds. The Morgan fingerprint density at radius 3 is 2.69 bits per heavy atom. The molecule has 3 aromatic rings. The van der Waals surface area contributed by atoms with Crippen LogP contribution in [0.2, 0.25) is 0 Å². The molecule has 4 rings (SSSR count). The van der Waals surface area contributed by atoms with Crippen molar-refractivity contribution < 1.29 is 9.90 Å². The lowest BCUT2D eigenvalue weighted by molar-refractivity contribution is -0.113. The summed E-state index contributed by atoms with van der Waals surface area (Å²) in [5, 5.41) is 17.5. The van der Waals surface area contributed by atoms with Crippen molar-refractivity contribution in [2.24, 2.45) is 0 Å². The van der Waals surface area contributed by atoms with E-state index in [1.54, 1.807) is 28.6 Å². The number of carbonyl (C=O) groups excluding carboxylic acids is 1. The standard InChI is InChI=1S/C20H19N3O2S/c1-12-6-8-15(9-7-12)23-20-18(13(2)22-23)19(26-11-17(25)21-20)14-4-3-5-16(24)10-14/h3-10,19,24H,11H2,1-2H3,(H,21,25)/t19-/m0/s1. The second-order valence-corrected chi connectivity index (χ2v) is 7.52. The molecule has 0 fully saturated rings. The lowest BCUT2D eigenvalue weighted by Crippen LogP contribution is -2.15. The van der Waals surface area contributed by atoms with Crippen LogP contribution in [0.15, 0.2) is 48.5 Å². The van der Waals surface area contributed by atoms with E-state index in [1.807, 2.05) is 50.2 Å². The molecule has 2 heterocycles. The van der Waals surface area contributed by atoms with Crippen molar-refractivity contribution >= 4 is 23.5 Å². The van der Waals surface area contributed by atoms with E-state index in [9.17, 15) is 9.90 Å². The Morgan fingerprint density at radius 2 is 1.96 bits per heavy atom. The SMILES string of the molecule is Cc1ccc(-n2nc(C)c3c2NC(=O)CS[C@H]3c2cccc(O)c2)cc1. The molecule has 1 aromatic heterocycles. The average Bonchev–Trinajstić information content (AvgIpc) is 2.82. The number of carbonyl (C=O) groups is 1. The summed E-state index contributed by atoms with van der Waals surface area (Å²) in [4.78, 5) is 12.3. The van der Waals surface area contributed by atoms with Gasteiger partial charge in [0.15, 0.2) is 0 Å². The zero-order chi connectivity index (χ0) is 18.3. The highest BCUT2D eigenvalue weighted by Gasteiger charge is 2.30. The summed E-state index contributed by atoms with van der Waals surface area (Å²) in [6.07, 6.45) is 0. The first-order valence-corrected chi connectivity index (χ1v) is 9.45. The molecule has 0 saturated carbocycles. The van der Waals surface area contributed by atoms with Crippen molar-refractivity contribution in [1.82, 2.24) is 9.78 Å². The summed E-state index contributed by atoms with van der Waals surface area (Å²) in [6.45, 7) is 3.99. The van der Waals surface area contributed by atoms with Crippen LogP contribution in [0.5, 0.6) is 5.75 Å². The van der Waals surface area contributed by atoms with Gasteiger partial charge >= 0.3 is 0 Å². The molecular weight excluding hydrogens is 346 g/mol. The molecule has 6 heteroatoms. The maximum absolute atomic E-state index is 12.3. The normalized spacial score (nSPS) is 16.7. The van der Waals surface area contributed by atoms with Gasteiger partial charge < -0.3 is 10.4 Å². The van der Waals surface area contributed by atoms with Crippen LogP contribution in [-0.4, -0.2) is 26.5 Å². The Balaban J connectivity index is 1.89. The van der Waals surface area contributed by atoms with Crippen molar-refractivity contribution in [3.63, 3.8) is 0 Å². The number of benzene rings is 2. The van der Waals surface area contributed by atoms with E-state index >= 15 is 0 Å². The predicted molar refractivity (Wildman–Crippen MR) is 104 cm³/mol. The van der Waals surface area contributed by atoms with Gasteiger partial charge in [-0.25, -0.2) is 4.68 Å². The number of phenolic OH excluding ortho intramolecular Hbond substituents is 1. The quantitative estimate of drug-likeness (QED) is 0.721. The minimum atomic E-state index is -0.0738. The number of hydrogen-bond donors (Lipinski definition) is 2. The van der Waals surface area contributed by atoms with Crippen LogP contribution in [0.1, 0.15) is 27.6 Å². The van der Waals surface area contributed by atoms with Gasteiger partial charge in [-0.05, 0) is 43.7 Å². The molecule has 0 spiro atoms. The number of phenols is 1. The first-order valence-electron chi connectivity index (χ1n) is 8.40. The van der Waals surface area contributed by atoms with E-state index in [4.69, 9.17) is 5.10 Å². The van der Waals surface area contributed by atoms with Crippen LogP contribution < -0.4 is 5.32 Å². The average molecular weight is 365 g/mol. The van der Waals surface area contributed by atoms with E-state index in [-0.39, 0.29) is 16.9 Å². The number of aryl methyl sites for hydroxylation is 2. The number of nitrogens with zero attached hydrogens (tertiary/aromatic N) is 2. The third-order valence-electron chi connectivity index (χ3n) is 4.46. The summed E-state index contributed by atoms with van der Waals surface area (Å²) in [7, 11) is 0. The molecular formula is C20H19N3O2S. The van der Waals surface area contributed by atoms with Gasteiger partial charge in [0.05, 0.1) is 22.4 Å². The van der Waals surface area contributed by atoms with Gasteiger partial charge in [0.25, 0.3) is 0 Å². The van der Waals surface area contributed by atoms with Crippen molar-refractivity contribution in [1.29, 1.82) is 0 Å². The molecule has 1 aliphatic rings. The third-order valence-corrected chi connectivity index (χ3v) is 5.73. The lowest BCUT2D eigenvalue weighted by atomic mass is 10.0. The first-order chi connectivity index (χ1) is 12.5. The maximum atomic E-state index is 12.3. The van der Waals surface area contributed by atoms with Gasteiger partial charge in [-0.1, -0.05) is 29.8 Å². The molecule has 1 atom stereocenters. The number of aromatic hydroxyl groups is 1. The van der Waals surface area contributed by atoms with Crippen LogP contribution in [0.25, 0.3) is 5.69 Å². The summed E-state index contributed by atoms with van der Waals surface area (Å²) >= 11 is 1.55. The van der Waals surface area contributed by atoms with E-state index in [2.05, 4.69) is 5.32 Å². The van der Waals surface area contributed by atoms with Crippen molar-refractivity contribution in [2.45, 2.75) is 19.1 Å². The van der Waals surface area contributed by atoms with Crippen molar-refractivity contribution in [3.8, 4) is 11.4 Å². The number of hydrogen-bond acceptors (Lipinski definition) is 4. The number of rotatable bonds is 2. The van der Waals surface area contributed by atoms with Crippen LogP contribution in [-0.2, 0) is 4.79 Å². The number of anilines is 1. The molecule has 132 valence electrons. The molecule has 0 radical (unpaired) electrons. The van der Waals surface area contributed by atoms with Gasteiger partial charge in [-0.3, -0.25) is 4.79 Å². The molecule has 1 aliphatic heterocycles. The molecule has 26 heavy (non-hydrogen) atoms. The topological polar surface area (TPSA) is 67.2 Å². The molecule has 5 nitrogen and oxygen atoms in total. The fourth-order valence-electron chi connectivity index (χ4n) is 3.21. The summed E-state index contributed by atoms with van der Waals surface area (Å²) in [6, 6.07) is 15.2. The number of nitrogens with one attached hydrogen (secondary N) is 1. The number of amides is 1. The monoisotopic (exact) mass is 365 g/mol. The third kappa shape index (κ3) is 2.97. The van der Waals surface area contributed by atoms with E-state index in [0.29, 0.717) is 11.6 Å². The summed E-state index contributed by atoms with van der Waals surface area (Å²) in [5.41, 5.74) is 4.87. The van der Waals surface area contributed by atoms with Gasteiger partial charge in [0, 0.05) is 5.56 Å². The predicted octanol–water partition coefficient (Wildman–Crippen LogP) is 3.97. The molecule has 0 bridgehead atoms. The molecule has 0 aliphatic carbocycles. The Hall–Kier alpha value is -2.73. The van der Waals surface area contributed by atoms with Crippen LogP contribution >= 0.6 is 11.8 Å².